The standard InChI is InChI=1S/C13H11BrFN3S2/c1-19-12-11(17)10(5-16)20-13(12)18-6-7-4-8(14)2-3-9(7)15/h2-4,18H,6,17H2,1H3. The van der Waals surface area contributed by atoms with Gasteiger partial charge in [0, 0.05) is 16.6 Å². The van der Waals surface area contributed by atoms with Crippen molar-refractivity contribution < 1.29 is 4.39 Å². The van der Waals surface area contributed by atoms with E-state index in [1.165, 1.54) is 29.2 Å². The van der Waals surface area contributed by atoms with Crippen LogP contribution in [0, 0.1) is 17.1 Å². The maximum atomic E-state index is 13.7. The zero-order valence-electron chi connectivity index (χ0n) is 10.5. The second-order valence-corrected chi connectivity index (χ2v) is 6.66. The summed E-state index contributed by atoms with van der Waals surface area (Å²) in [6, 6.07) is 6.87. The highest BCUT2D eigenvalue weighted by molar-refractivity contribution is 9.10. The molecule has 3 N–H and O–H groups in total. The molecule has 7 heteroatoms. The van der Waals surface area contributed by atoms with Crippen LogP contribution in [0.3, 0.4) is 0 Å². The summed E-state index contributed by atoms with van der Waals surface area (Å²) in [4.78, 5) is 1.31. The molecule has 0 spiro atoms. The summed E-state index contributed by atoms with van der Waals surface area (Å²) in [5.41, 5.74) is 6.93. The first kappa shape index (κ1) is 15.2. The van der Waals surface area contributed by atoms with Crippen LogP contribution in [0.15, 0.2) is 27.6 Å². The van der Waals surface area contributed by atoms with Crippen molar-refractivity contribution in [2.75, 3.05) is 17.3 Å². The highest BCUT2D eigenvalue weighted by atomic mass is 79.9. The fraction of sp³-hybridized carbons (Fsp3) is 0.154. The van der Waals surface area contributed by atoms with Crippen LogP contribution in [0.25, 0.3) is 0 Å². The molecule has 0 radical (unpaired) electrons. The van der Waals surface area contributed by atoms with Gasteiger partial charge >= 0.3 is 0 Å². The molecule has 2 rings (SSSR count). The quantitative estimate of drug-likeness (QED) is 0.779. The number of hydrogen-bond donors (Lipinski definition) is 2. The number of nitrogens with one attached hydrogen (secondary N) is 1. The zero-order chi connectivity index (χ0) is 14.7. The fourth-order valence-corrected chi connectivity index (χ4v) is 3.92. The first-order chi connectivity index (χ1) is 9.56. The Morgan fingerprint density at radius 3 is 2.95 bits per heavy atom. The van der Waals surface area contributed by atoms with Crippen LogP contribution in [0.1, 0.15) is 10.4 Å². The van der Waals surface area contributed by atoms with Crippen molar-refractivity contribution in [3.05, 3.63) is 38.9 Å². The zero-order valence-corrected chi connectivity index (χ0v) is 13.8. The molecule has 0 unspecified atom stereocenters. The Kier molecular flexibility index (Phi) is 4.91. The summed E-state index contributed by atoms with van der Waals surface area (Å²) in [5, 5.41) is 12.9. The van der Waals surface area contributed by atoms with Gasteiger partial charge in [-0.3, -0.25) is 0 Å². The van der Waals surface area contributed by atoms with E-state index >= 15 is 0 Å². The number of nitrogens with zero attached hydrogens (tertiary/aromatic N) is 1. The van der Waals surface area contributed by atoms with Gasteiger partial charge in [0.15, 0.2) is 0 Å². The van der Waals surface area contributed by atoms with Gasteiger partial charge in [0.25, 0.3) is 0 Å². The molecule has 0 saturated carbocycles. The lowest BCUT2D eigenvalue weighted by atomic mass is 10.2. The number of rotatable bonds is 4. The summed E-state index contributed by atoms with van der Waals surface area (Å²) in [6.45, 7) is 0.337. The van der Waals surface area contributed by atoms with Crippen molar-refractivity contribution in [3.63, 3.8) is 0 Å². The van der Waals surface area contributed by atoms with E-state index in [2.05, 4.69) is 27.3 Å². The molecule has 0 amide bonds. The summed E-state index contributed by atoms with van der Waals surface area (Å²) in [7, 11) is 0. The van der Waals surface area contributed by atoms with E-state index in [9.17, 15) is 4.39 Å². The third-order valence-corrected chi connectivity index (χ3v) is 5.18. The minimum Gasteiger partial charge on any atom is -0.396 e. The van der Waals surface area contributed by atoms with Crippen molar-refractivity contribution in [2.24, 2.45) is 0 Å². The Bertz CT molecular complexity index is 679. The van der Waals surface area contributed by atoms with Gasteiger partial charge in [-0.1, -0.05) is 15.9 Å². The molecular weight excluding hydrogens is 361 g/mol. The third-order valence-electron chi connectivity index (χ3n) is 2.65. The Balaban J connectivity index is 2.23. The fourth-order valence-electron chi connectivity index (χ4n) is 1.69. The van der Waals surface area contributed by atoms with E-state index in [0.717, 1.165) is 14.4 Å². The predicted octanol–water partition coefficient (Wildman–Crippen LogP) is 4.44. The number of benzene rings is 1. The predicted molar refractivity (Wildman–Crippen MR) is 86.7 cm³/mol. The number of hydrogen-bond acceptors (Lipinski definition) is 5. The summed E-state index contributed by atoms with van der Waals surface area (Å²) in [5.74, 6) is -0.267. The lowest BCUT2D eigenvalue weighted by Gasteiger charge is -2.08. The number of nitrogen functional groups attached to an aromatic ring is 1. The highest BCUT2D eigenvalue weighted by Gasteiger charge is 2.15. The summed E-state index contributed by atoms with van der Waals surface area (Å²) < 4.78 is 14.5. The number of nitriles is 1. The molecule has 1 heterocycles. The molecule has 1 aromatic carbocycles. The molecular formula is C13H11BrFN3S2. The average Bonchev–Trinajstić information content (AvgIpc) is 2.75. The SMILES string of the molecule is CSc1c(NCc2cc(Br)ccc2F)sc(C#N)c1N. The van der Waals surface area contributed by atoms with Gasteiger partial charge in [0.05, 0.1) is 10.6 Å². The van der Waals surface area contributed by atoms with Crippen LogP contribution in [-0.2, 0) is 6.54 Å². The molecule has 0 saturated heterocycles. The molecule has 0 bridgehead atoms. The molecule has 1 aromatic heterocycles. The van der Waals surface area contributed by atoms with Gasteiger partial charge in [-0.25, -0.2) is 4.39 Å². The first-order valence-electron chi connectivity index (χ1n) is 5.61. The number of thioether (sulfide) groups is 1. The number of anilines is 2. The van der Waals surface area contributed by atoms with Gasteiger partial charge in [0.2, 0.25) is 0 Å². The molecule has 0 aliphatic rings. The monoisotopic (exact) mass is 371 g/mol. The van der Waals surface area contributed by atoms with Crippen LogP contribution < -0.4 is 11.1 Å². The maximum Gasteiger partial charge on any atom is 0.131 e. The molecule has 2 aromatic rings. The Morgan fingerprint density at radius 1 is 1.55 bits per heavy atom. The van der Waals surface area contributed by atoms with Crippen molar-refractivity contribution in [1.29, 1.82) is 5.26 Å². The highest BCUT2D eigenvalue weighted by Crippen LogP contribution is 2.41. The van der Waals surface area contributed by atoms with Crippen molar-refractivity contribution in [3.8, 4) is 6.07 Å². The first-order valence-corrected chi connectivity index (χ1v) is 8.44. The van der Waals surface area contributed by atoms with Crippen LogP contribution >= 0.6 is 39.0 Å². The van der Waals surface area contributed by atoms with E-state index in [4.69, 9.17) is 11.0 Å². The van der Waals surface area contributed by atoms with Crippen LogP contribution in [0.5, 0.6) is 0 Å². The topological polar surface area (TPSA) is 61.8 Å². The van der Waals surface area contributed by atoms with Crippen molar-refractivity contribution in [2.45, 2.75) is 11.4 Å². The van der Waals surface area contributed by atoms with E-state index in [-0.39, 0.29) is 5.82 Å². The minimum absolute atomic E-state index is 0.267. The molecule has 0 aliphatic heterocycles. The average molecular weight is 372 g/mol. The molecule has 3 nitrogen and oxygen atoms in total. The lowest BCUT2D eigenvalue weighted by Crippen LogP contribution is -2.01. The van der Waals surface area contributed by atoms with Crippen molar-refractivity contribution in [1.82, 2.24) is 0 Å². The number of thiophene rings is 1. The normalized spacial score (nSPS) is 10.3. The summed E-state index contributed by atoms with van der Waals surface area (Å²) in [6.07, 6.45) is 1.89. The van der Waals surface area contributed by atoms with E-state index in [1.807, 2.05) is 6.26 Å². The van der Waals surface area contributed by atoms with Crippen LogP contribution in [0.2, 0.25) is 0 Å². The molecule has 104 valence electrons. The number of nitrogens with two attached hydrogens (primary N) is 1. The lowest BCUT2D eigenvalue weighted by molar-refractivity contribution is 0.612. The summed E-state index contributed by atoms with van der Waals surface area (Å²) >= 11 is 6.08. The Hall–Kier alpha value is -1.23. The van der Waals surface area contributed by atoms with Crippen LogP contribution in [0.4, 0.5) is 15.1 Å². The van der Waals surface area contributed by atoms with E-state index in [0.29, 0.717) is 22.7 Å². The Morgan fingerprint density at radius 2 is 2.30 bits per heavy atom. The second-order valence-electron chi connectivity index (χ2n) is 3.91. The van der Waals surface area contributed by atoms with Gasteiger partial charge < -0.3 is 11.1 Å². The van der Waals surface area contributed by atoms with Gasteiger partial charge in [-0.2, -0.15) is 5.26 Å². The smallest absolute Gasteiger partial charge is 0.131 e. The van der Waals surface area contributed by atoms with Gasteiger partial charge in [-0.05, 0) is 24.5 Å². The third kappa shape index (κ3) is 3.08. The number of halogens is 2. The molecule has 0 atom stereocenters. The largest absolute Gasteiger partial charge is 0.396 e. The minimum atomic E-state index is -0.267. The maximum absolute atomic E-state index is 13.7. The van der Waals surface area contributed by atoms with Gasteiger partial charge in [-0.15, -0.1) is 23.1 Å². The van der Waals surface area contributed by atoms with E-state index in [1.54, 1.807) is 12.1 Å². The molecule has 0 aliphatic carbocycles. The van der Waals surface area contributed by atoms with Crippen molar-refractivity contribution >= 4 is 49.7 Å². The van der Waals surface area contributed by atoms with Crippen LogP contribution in [-0.4, -0.2) is 6.26 Å². The second kappa shape index (κ2) is 6.48. The molecule has 0 fully saturated rings. The van der Waals surface area contributed by atoms with E-state index < -0.39 is 0 Å². The Labute approximate surface area is 133 Å². The van der Waals surface area contributed by atoms with Gasteiger partial charge in [0.1, 0.15) is 21.8 Å². The molecule has 20 heavy (non-hydrogen) atoms.